The van der Waals surface area contributed by atoms with Crippen LogP contribution in [0.15, 0.2) is 91.4 Å². The van der Waals surface area contributed by atoms with Crippen molar-refractivity contribution in [3.63, 3.8) is 0 Å². The summed E-state index contributed by atoms with van der Waals surface area (Å²) in [5.74, 6) is 0.414. The molecule has 0 atom stereocenters. The van der Waals surface area contributed by atoms with Crippen LogP contribution in [0.5, 0.6) is 0 Å². The van der Waals surface area contributed by atoms with Crippen LogP contribution in [-0.2, 0) is 10.0 Å². The van der Waals surface area contributed by atoms with Gasteiger partial charge >= 0.3 is 0 Å². The van der Waals surface area contributed by atoms with Gasteiger partial charge in [0, 0.05) is 23.6 Å². The molecule has 0 fully saturated rings. The van der Waals surface area contributed by atoms with Crippen LogP contribution in [-0.4, -0.2) is 33.8 Å². The average molecular weight is 471 g/mol. The van der Waals surface area contributed by atoms with Gasteiger partial charge in [0.15, 0.2) is 0 Å². The van der Waals surface area contributed by atoms with Crippen molar-refractivity contribution >= 4 is 32.9 Å². The monoisotopic (exact) mass is 470 g/mol. The molecule has 9 heteroatoms. The van der Waals surface area contributed by atoms with Gasteiger partial charge in [0.2, 0.25) is 16.0 Å². The lowest BCUT2D eigenvalue weighted by molar-refractivity contribution is 0.602. The Bertz CT molecular complexity index is 1550. The SMILES string of the molecule is CCS(=O)(=O)Nc1ccccc1-c1ccc2cnc(Nc3ccc(-c4cccnc4)cc3)nn12. The molecular weight excluding hydrogens is 448 g/mol. The highest BCUT2D eigenvalue weighted by atomic mass is 32.2. The van der Waals surface area contributed by atoms with E-state index in [0.29, 0.717) is 11.6 Å². The van der Waals surface area contributed by atoms with Crippen LogP contribution in [0.25, 0.3) is 27.9 Å². The summed E-state index contributed by atoms with van der Waals surface area (Å²) in [6, 6.07) is 22.9. The van der Waals surface area contributed by atoms with Crippen LogP contribution >= 0.6 is 0 Å². The minimum absolute atomic E-state index is 0.00789. The van der Waals surface area contributed by atoms with Gasteiger partial charge in [-0.25, -0.2) is 17.9 Å². The third-order valence-electron chi connectivity index (χ3n) is 5.38. The van der Waals surface area contributed by atoms with E-state index in [4.69, 9.17) is 0 Å². The fourth-order valence-electron chi connectivity index (χ4n) is 3.61. The maximum absolute atomic E-state index is 12.2. The van der Waals surface area contributed by atoms with E-state index in [1.807, 2.05) is 66.9 Å². The number of rotatable bonds is 7. The molecule has 8 nitrogen and oxygen atoms in total. The van der Waals surface area contributed by atoms with Gasteiger partial charge in [0.05, 0.1) is 28.8 Å². The fourth-order valence-corrected chi connectivity index (χ4v) is 4.26. The number of nitrogens with one attached hydrogen (secondary N) is 2. The van der Waals surface area contributed by atoms with Crippen LogP contribution in [0.1, 0.15) is 6.92 Å². The Morgan fingerprint density at radius 2 is 1.71 bits per heavy atom. The summed E-state index contributed by atoms with van der Waals surface area (Å²) >= 11 is 0. The molecule has 0 spiro atoms. The molecule has 170 valence electrons. The molecule has 3 heterocycles. The molecule has 34 heavy (non-hydrogen) atoms. The maximum atomic E-state index is 12.2. The lowest BCUT2D eigenvalue weighted by atomic mass is 10.1. The number of hydrogen-bond donors (Lipinski definition) is 2. The zero-order valence-corrected chi connectivity index (χ0v) is 19.2. The molecule has 3 aromatic heterocycles. The van der Waals surface area contributed by atoms with Crippen molar-refractivity contribution < 1.29 is 8.42 Å². The first-order valence-electron chi connectivity index (χ1n) is 10.7. The summed E-state index contributed by atoms with van der Waals surface area (Å²) in [5.41, 5.74) is 5.72. The Balaban J connectivity index is 1.46. The third-order valence-corrected chi connectivity index (χ3v) is 6.67. The van der Waals surface area contributed by atoms with Crippen LogP contribution < -0.4 is 10.0 Å². The van der Waals surface area contributed by atoms with Gasteiger partial charge in [-0.3, -0.25) is 9.71 Å². The second kappa shape index (κ2) is 8.95. The highest BCUT2D eigenvalue weighted by Gasteiger charge is 2.15. The maximum Gasteiger partial charge on any atom is 0.245 e. The van der Waals surface area contributed by atoms with Crippen molar-refractivity contribution in [2.75, 3.05) is 15.8 Å². The predicted molar refractivity (Wildman–Crippen MR) is 134 cm³/mol. The van der Waals surface area contributed by atoms with Gasteiger partial charge in [0.25, 0.3) is 0 Å². The second-order valence-corrected chi connectivity index (χ2v) is 9.64. The first-order chi connectivity index (χ1) is 16.5. The lowest BCUT2D eigenvalue weighted by Crippen LogP contribution is -2.15. The molecule has 0 unspecified atom stereocenters. The van der Waals surface area contributed by atoms with Crippen molar-refractivity contribution in [2.24, 2.45) is 0 Å². The quantitative estimate of drug-likeness (QED) is 0.349. The number of sulfonamides is 1. The molecule has 5 aromatic rings. The highest BCUT2D eigenvalue weighted by Crippen LogP contribution is 2.30. The van der Waals surface area contributed by atoms with E-state index < -0.39 is 10.0 Å². The third kappa shape index (κ3) is 4.46. The van der Waals surface area contributed by atoms with Crippen molar-refractivity contribution in [1.29, 1.82) is 0 Å². The van der Waals surface area contributed by atoms with Crippen molar-refractivity contribution in [1.82, 2.24) is 19.6 Å². The fraction of sp³-hybridized carbons (Fsp3) is 0.0800. The molecule has 0 saturated heterocycles. The summed E-state index contributed by atoms with van der Waals surface area (Å²) in [6.45, 7) is 1.60. The van der Waals surface area contributed by atoms with E-state index in [1.165, 1.54) is 0 Å². The first kappa shape index (κ1) is 21.6. The standard InChI is InChI=1S/C25H22N6O2S/c1-2-34(32,33)30-23-8-4-3-7-22(23)24-14-13-21-17-27-25(29-31(21)24)28-20-11-9-18(10-12-20)19-6-5-15-26-16-19/h3-17,30H,2H2,1H3,(H,28,29). The van der Waals surface area contributed by atoms with E-state index in [0.717, 1.165) is 33.6 Å². The van der Waals surface area contributed by atoms with E-state index in [-0.39, 0.29) is 5.75 Å². The summed E-state index contributed by atoms with van der Waals surface area (Å²) in [4.78, 5) is 8.58. The minimum Gasteiger partial charge on any atom is -0.323 e. The van der Waals surface area contributed by atoms with Gasteiger partial charge in [-0.05, 0) is 54.4 Å². The molecule has 0 bridgehead atoms. The summed E-state index contributed by atoms with van der Waals surface area (Å²) < 4.78 is 28.7. The number of fused-ring (bicyclic) bond motifs is 1. The summed E-state index contributed by atoms with van der Waals surface area (Å²) in [7, 11) is -3.42. The Morgan fingerprint density at radius 3 is 2.47 bits per heavy atom. The highest BCUT2D eigenvalue weighted by molar-refractivity contribution is 7.92. The molecule has 0 aliphatic carbocycles. The Hall–Kier alpha value is -4.24. The zero-order valence-electron chi connectivity index (χ0n) is 18.4. The van der Waals surface area contributed by atoms with Crippen LogP contribution in [0, 0.1) is 0 Å². The van der Waals surface area contributed by atoms with Crippen LogP contribution in [0.2, 0.25) is 0 Å². The summed E-state index contributed by atoms with van der Waals surface area (Å²) in [6.07, 6.45) is 5.30. The number of para-hydroxylation sites is 1. The van der Waals surface area contributed by atoms with Gasteiger partial charge in [-0.15, -0.1) is 5.10 Å². The number of anilines is 3. The molecule has 0 aliphatic rings. The predicted octanol–water partition coefficient (Wildman–Crippen LogP) is 4.96. The second-order valence-electron chi connectivity index (χ2n) is 7.63. The zero-order chi connectivity index (χ0) is 23.5. The molecule has 0 radical (unpaired) electrons. The van der Waals surface area contributed by atoms with Crippen LogP contribution in [0.4, 0.5) is 17.3 Å². The topological polar surface area (TPSA) is 101 Å². The van der Waals surface area contributed by atoms with Crippen molar-refractivity contribution in [3.05, 3.63) is 91.4 Å². The number of hydrogen-bond acceptors (Lipinski definition) is 6. The van der Waals surface area contributed by atoms with Gasteiger partial charge in [-0.2, -0.15) is 0 Å². The smallest absolute Gasteiger partial charge is 0.245 e. The summed E-state index contributed by atoms with van der Waals surface area (Å²) in [5, 5.41) is 7.89. The van der Waals surface area contributed by atoms with Gasteiger partial charge in [0.1, 0.15) is 0 Å². The lowest BCUT2D eigenvalue weighted by Gasteiger charge is -2.12. The van der Waals surface area contributed by atoms with Crippen LogP contribution in [0.3, 0.4) is 0 Å². The molecule has 0 aliphatic heterocycles. The number of pyridine rings is 1. The Morgan fingerprint density at radius 1 is 0.882 bits per heavy atom. The molecule has 0 amide bonds. The minimum atomic E-state index is -3.42. The number of benzene rings is 2. The largest absolute Gasteiger partial charge is 0.323 e. The molecule has 0 saturated carbocycles. The van der Waals surface area contributed by atoms with E-state index in [9.17, 15) is 8.42 Å². The average Bonchev–Trinajstić information content (AvgIpc) is 3.28. The van der Waals surface area contributed by atoms with Crippen molar-refractivity contribution in [3.8, 4) is 22.4 Å². The Labute approximate surface area is 197 Å². The Kier molecular flexibility index (Phi) is 5.69. The van der Waals surface area contributed by atoms with E-state index >= 15 is 0 Å². The molecule has 5 rings (SSSR count). The molecule has 2 N–H and O–H groups in total. The first-order valence-corrected chi connectivity index (χ1v) is 12.4. The number of aromatic nitrogens is 4. The molecular formula is C25H22N6O2S. The molecule has 2 aromatic carbocycles. The van der Waals surface area contributed by atoms with Gasteiger partial charge in [-0.1, -0.05) is 36.4 Å². The normalized spacial score (nSPS) is 11.4. The van der Waals surface area contributed by atoms with E-state index in [2.05, 4.69) is 25.1 Å². The van der Waals surface area contributed by atoms with Gasteiger partial charge < -0.3 is 5.32 Å². The number of nitrogens with zero attached hydrogens (tertiary/aromatic N) is 4. The van der Waals surface area contributed by atoms with E-state index in [1.54, 1.807) is 36.0 Å². The van der Waals surface area contributed by atoms with Crippen molar-refractivity contribution in [2.45, 2.75) is 6.92 Å².